The van der Waals surface area contributed by atoms with Crippen LogP contribution in [0.25, 0.3) is 11.2 Å². The summed E-state index contributed by atoms with van der Waals surface area (Å²) in [4.78, 5) is 53.6. The van der Waals surface area contributed by atoms with Crippen molar-refractivity contribution in [2.75, 3.05) is 39.0 Å². The molecule has 0 spiro atoms. The van der Waals surface area contributed by atoms with E-state index in [2.05, 4.69) is 20.3 Å². The van der Waals surface area contributed by atoms with Crippen molar-refractivity contribution in [3.05, 3.63) is 12.2 Å². The van der Waals surface area contributed by atoms with Crippen LogP contribution in [0, 0.1) is 5.92 Å². The lowest BCUT2D eigenvalue weighted by atomic mass is 9.93. The zero-order valence-corrected chi connectivity index (χ0v) is 22.4. The lowest BCUT2D eigenvalue weighted by molar-refractivity contribution is -0.147. The van der Waals surface area contributed by atoms with Gasteiger partial charge >= 0.3 is 6.09 Å². The number of carbonyl (C=O) groups is 3. The molecule has 0 bridgehead atoms. The fourth-order valence-corrected chi connectivity index (χ4v) is 5.00. The Morgan fingerprint density at radius 1 is 1.18 bits per heavy atom. The van der Waals surface area contributed by atoms with Gasteiger partial charge < -0.3 is 40.5 Å². The third kappa shape index (κ3) is 6.26. The SMILES string of the molecule is CN1CCC(OC(=O)N2CCC(Cc3nc(N)c4ncn(CO[C@H](C(=O)NC5CC5)C(O)CO)c4n3)CC2)C1=O. The fraction of sp³-hybridized carbons (Fsp3) is 0.680. The molecule has 2 saturated heterocycles. The van der Waals surface area contributed by atoms with Gasteiger partial charge in [0, 0.05) is 45.6 Å². The van der Waals surface area contributed by atoms with E-state index in [0.29, 0.717) is 62.3 Å². The van der Waals surface area contributed by atoms with Crippen molar-refractivity contribution < 1.29 is 34.1 Å². The molecule has 3 atom stereocenters. The van der Waals surface area contributed by atoms with Gasteiger partial charge in [0.1, 0.15) is 24.2 Å². The molecule has 218 valence electrons. The van der Waals surface area contributed by atoms with Gasteiger partial charge in [-0.1, -0.05) is 0 Å². The number of rotatable bonds is 10. The summed E-state index contributed by atoms with van der Waals surface area (Å²) in [5.74, 6) is 0.290. The van der Waals surface area contributed by atoms with E-state index in [1.807, 2.05) is 0 Å². The van der Waals surface area contributed by atoms with Crippen LogP contribution in [0.15, 0.2) is 6.33 Å². The van der Waals surface area contributed by atoms with Crippen molar-refractivity contribution in [1.29, 1.82) is 0 Å². The van der Waals surface area contributed by atoms with E-state index in [1.54, 1.807) is 21.4 Å². The molecule has 15 heteroatoms. The number of aromatic nitrogens is 4. The van der Waals surface area contributed by atoms with E-state index in [1.165, 1.54) is 6.33 Å². The maximum absolute atomic E-state index is 12.6. The third-order valence-corrected chi connectivity index (χ3v) is 7.61. The number of hydrogen-bond donors (Lipinski definition) is 4. The van der Waals surface area contributed by atoms with E-state index in [-0.39, 0.29) is 30.4 Å². The number of ether oxygens (including phenoxy) is 2. The third-order valence-electron chi connectivity index (χ3n) is 7.61. The highest BCUT2D eigenvalue weighted by Gasteiger charge is 2.35. The Morgan fingerprint density at radius 2 is 1.93 bits per heavy atom. The molecule has 0 radical (unpaired) electrons. The number of amides is 3. The Bertz CT molecular complexity index is 1240. The molecule has 5 rings (SSSR count). The molecule has 2 aliphatic heterocycles. The monoisotopic (exact) mass is 560 g/mol. The fourth-order valence-electron chi connectivity index (χ4n) is 5.00. The summed E-state index contributed by atoms with van der Waals surface area (Å²) in [7, 11) is 1.70. The van der Waals surface area contributed by atoms with Crippen LogP contribution in [0.3, 0.4) is 0 Å². The Kier molecular flexibility index (Phi) is 8.32. The number of aliphatic hydroxyl groups excluding tert-OH is 2. The largest absolute Gasteiger partial charge is 0.436 e. The summed E-state index contributed by atoms with van der Waals surface area (Å²) < 4.78 is 12.7. The maximum Gasteiger partial charge on any atom is 0.410 e. The molecule has 4 heterocycles. The number of aliphatic hydroxyl groups is 2. The second-order valence-electron chi connectivity index (χ2n) is 10.7. The van der Waals surface area contributed by atoms with Crippen LogP contribution in [0.1, 0.15) is 37.9 Å². The second kappa shape index (κ2) is 11.9. The first-order valence-corrected chi connectivity index (χ1v) is 13.6. The Morgan fingerprint density at radius 3 is 2.58 bits per heavy atom. The van der Waals surface area contributed by atoms with Gasteiger partial charge in [-0.15, -0.1) is 0 Å². The molecule has 1 aliphatic carbocycles. The molecule has 3 fully saturated rings. The van der Waals surface area contributed by atoms with Crippen molar-refractivity contribution in [2.45, 2.75) is 69.6 Å². The molecule has 5 N–H and O–H groups in total. The summed E-state index contributed by atoms with van der Waals surface area (Å²) in [5, 5.41) is 22.3. The first kappa shape index (κ1) is 28.0. The highest BCUT2D eigenvalue weighted by molar-refractivity contribution is 5.85. The zero-order valence-electron chi connectivity index (χ0n) is 22.4. The van der Waals surface area contributed by atoms with E-state index < -0.39 is 36.9 Å². The first-order valence-electron chi connectivity index (χ1n) is 13.6. The smallest absolute Gasteiger partial charge is 0.410 e. The van der Waals surface area contributed by atoms with Crippen molar-refractivity contribution in [2.24, 2.45) is 5.92 Å². The number of imidazole rings is 1. The molecule has 2 aromatic rings. The number of hydrogen-bond acceptors (Lipinski definition) is 11. The van der Waals surface area contributed by atoms with Gasteiger partial charge in [0.2, 0.25) is 0 Å². The van der Waals surface area contributed by atoms with Crippen LogP contribution in [-0.4, -0.2) is 115 Å². The highest BCUT2D eigenvalue weighted by atomic mass is 16.6. The molecular formula is C25H36N8O7. The Balaban J connectivity index is 1.18. The van der Waals surface area contributed by atoms with Gasteiger partial charge in [-0.3, -0.25) is 14.2 Å². The number of nitrogens with zero attached hydrogens (tertiary/aromatic N) is 6. The first-order chi connectivity index (χ1) is 19.2. The number of piperidine rings is 1. The minimum absolute atomic E-state index is 0.0738. The molecule has 3 aliphatic rings. The number of fused-ring (bicyclic) bond motifs is 1. The van der Waals surface area contributed by atoms with E-state index >= 15 is 0 Å². The number of nitrogens with two attached hydrogens (primary N) is 1. The lowest BCUT2D eigenvalue weighted by Crippen LogP contribution is -2.46. The number of anilines is 1. The molecule has 2 unspecified atom stereocenters. The Labute approximate surface area is 230 Å². The van der Waals surface area contributed by atoms with Crippen LogP contribution in [0.2, 0.25) is 0 Å². The van der Waals surface area contributed by atoms with Crippen molar-refractivity contribution in [3.8, 4) is 0 Å². The zero-order chi connectivity index (χ0) is 28.4. The van der Waals surface area contributed by atoms with Gasteiger partial charge in [-0.25, -0.2) is 19.7 Å². The average molecular weight is 561 g/mol. The summed E-state index contributed by atoms with van der Waals surface area (Å²) in [5.41, 5.74) is 6.98. The van der Waals surface area contributed by atoms with Gasteiger partial charge in [-0.05, 0) is 31.6 Å². The number of likely N-dealkylation sites (tertiary alicyclic amines) is 2. The minimum atomic E-state index is -1.38. The standard InChI is InChI=1S/C25H36N8O7/c1-31-7-6-17(24(31)37)40-25(38)32-8-4-14(5-9-32)10-18-29-21(26)19-22(30-18)33(12-27-19)13-39-20(16(35)11-34)23(36)28-15-2-3-15/h12,14-17,20,34-35H,2-11,13H2,1H3,(H,28,36)(H2,26,29,30)/t16?,17?,20-/m0/s1. The number of carbonyl (C=O) groups excluding carboxylic acids is 3. The van der Waals surface area contributed by atoms with Crippen molar-refractivity contribution in [1.82, 2.24) is 34.6 Å². The van der Waals surface area contributed by atoms with Gasteiger partial charge in [0.15, 0.2) is 23.7 Å². The van der Waals surface area contributed by atoms with Crippen LogP contribution >= 0.6 is 0 Å². The molecule has 2 aromatic heterocycles. The average Bonchev–Trinajstić information content (AvgIpc) is 3.58. The van der Waals surface area contributed by atoms with Crippen LogP contribution in [-0.2, 0) is 32.2 Å². The summed E-state index contributed by atoms with van der Waals surface area (Å²) in [6.07, 6.45) is 1.89. The van der Waals surface area contributed by atoms with Crippen molar-refractivity contribution >= 4 is 34.9 Å². The van der Waals surface area contributed by atoms with E-state index in [4.69, 9.17) is 15.2 Å². The molecule has 1 saturated carbocycles. The topological polar surface area (TPSA) is 198 Å². The number of nitrogens with one attached hydrogen (secondary N) is 1. The predicted molar refractivity (Wildman–Crippen MR) is 139 cm³/mol. The van der Waals surface area contributed by atoms with E-state index in [0.717, 1.165) is 12.8 Å². The molecule has 3 amide bonds. The quantitative estimate of drug-likeness (QED) is 0.278. The Hall–Kier alpha value is -3.56. The number of nitrogen functional groups attached to an aromatic ring is 1. The minimum Gasteiger partial charge on any atom is -0.436 e. The lowest BCUT2D eigenvalue weighted by Gasteiger charge is -2.31. The summed E-state index contributed by atoms with van der Waals surface area (Å²) in [6.45, 7) is 0.812. The molecule has 40 heavy (non-hydrogen) atoms. The number of likely N-dealkylation sites (N-methyl/N-ethyl adjacent to an activating group) is 1. The second-order valence-corrected chi connectivity index (χ2v) is 10.7. The van der Waals surface area contributed by atoms with Gasteiger partial charge in [-0.2, -0.15) is 0 Å². The predicted octanol–water partition coefficient (Wildman–Crippen LogP) is -0.995. The van der Waals surface area contributed by atoms with Crippen LogP contribution in [0.5, 0.6) is 0 Å². The maximum atomic E-state index is 12.6. The normalized spacial score (nSPS) is 21.6. The van der Waals surface area contributed by atoms with E-state index in [9.17, 15) is 24.6 Å². The van der Waals surface area contributed by atoms with Gasteiger partial charge in [0.25, 0.3) is 11.8 Å². The van der Waals surface area contributed by atoms with Gasteiger partial charge in [0.05, 0.1) is 12.9 Å². The molecule has 15 nitrogen and oxygen atoms in total. The molecule has 0 aromatic carbocycles. The van der Waals surface area contributed by atoms with Crippen molar-refractivity contribution in [3.63, 3.8) is 0 Å². The van der Waals surface area contributed by atoms with Crippen LogP contribution < -0.4 is 11.1 Å². The highest BCUT2D eigenvalue weighted by Crippen LogP contribution is 2.25. The molecular weight excluding hydrogens is 524 g/mol. The van der Waals surface area contributed by atoms with Crippen LogP contribution in [0.4, 0.5) is 10.6 Å². The summed E-state index contributed by atoms with van der Waals surface area (Å²) in [6, 6.07) is 0.0738. The summed E-state index contributed by atoms with van der Waals surface area (Å²) >= 11 is 0.